The second-order valence-corrected chi connectivity index (χ2v) is 7.12. The minimum absolute atomic E-state index is 0.132. The number of rotatable bonds is 4. The zero-order valence-corrected chi connectivity index (χ0v) is 16.4. The number of hydrogen-bond donors (Lipinski definition) is 1. The number of benzene rings is 3. The van der Waals surface area contributed by atoms with Crippen molar-refractivity contribution in [3.05, 3.63) is 95.7 Å². The molecule has 0 bridgehead atoms. The molecule has 1 amide bonds. The van der Waals surface area contributed by atoms with Gasteiger partial charge in [-0.3, -0.25) is 9.20 Å². The van der Waals surface area contributed by atoms with Crippen molar-refractivity contribution in [3.8, 4) is 11.4 Å². The molecule has 2 heterocycles. The molecular formula is C24H19N5O. The number of nitrogens with one attached hydrogen (secondary N) is 1. The summed E-state index contributed by atoms with van der Waals surface area (Å²) < 4.78 is 2.00. The summed E-state index contributed by atoms with van der Waals surface area (Å²) in [6.07, 6.45) is 0. The summed E-state index contributed by atoms with van der Waals surface area (Å²) in [7, 11) is 0. The molecule has 0 spiro atoms. The van der Waals surface area contributed by atoms with E-state index >= 15 is 0 Å². The molecule has 30 heavy (non-hydrogen) atoms. The van der Waals surface area contributed by atoms with Crippen LogP contribution in [0, 0.1) is 6.92 Å². The van der Waals surface area contributed by atoms with Crippen molar-refractivity contribution in [2.45, 2.75) is 13.5 Å². The second-order valence-electron chi connectivity index (χ2n) is 7.12. The van der Waals surface area contributed by atoms with Gasteiger partial charge in [0, 0.05) is 17.7 Å². The molecule has 6 heteroatoms. The van der Waals surface area contributed by atoms with Crippen LogP contribution in [0.4, 0.5) is 0 Å². The molecule has 5 aromatic rings. The fourth-order valence-electron chi connectivity index (χ4n) is 3.58. The Labute approximate surface area is 173 Å². The van der Waals surface area contributed by atoms with Crippen molar-refractivity contribution < 1.29 is 4.79 Å². The number of hydrogen-bond acceptors (Lipinski definition) is 4. The molecule has 0 unspecified atom stereocenters. The van der Waals surface area contributed by atoms with Crippen LogP contribution in [-0.4, -0.2) is 25.5 Å². The molecule has 0 saturated carbocycles. The third-order valence-corrected chi connectivity index (χ3v) is 5.08. The predicted octanol–water partition coefficient (Wildman–Crippen LogP) is 4.18. The van der Waals surface area contributed by atoms with Gasteiger partial charge in [-0.15, -0.1) is 10.2 Å². The van der Waals surface area contributed by atoms with Gasteiger partial charge in [-0.25, -0.2) is 4.98 Å². The van der Waals surface area contributed by atoms with Gasteiger partial charge in [0.05, 0.1) is 16.7 Å². The van der Waals surface area contributed by atoms with Crippen LogP contribution in [0.3, 0.4) is 0 Å². The predicted molar refractivity (Wildman–Crippen MR) is 116 cm³/mol. The van der Waals surface area contributed by atoms with E-state index in [2.05, 4.69) is 20.5 Å². The first-order chi connectivity index (χ1) is 14.7. The normalized spacial score (nSPS) is 11.1. The molecule has 1 N–H and O–H groups in total. The van der Waals surface area contributed by atoms with Gasteiger partial charge < -0.3 is 5.32 Å². The molecule has 5 rings (SSSR count). The smallest absolute Gasteiger partial charge is 0.251 e. The molecule has 0 fully saturated rings. The highest BCUT2D eigenvalue weighted by molar-refractivity contribution is 5.97. The maximum atomic E-state index is 12.7. The molecule has 0 atom stereocenters. The Morgan fingerprint density at radius 1 is 0.933 bits per heavy atom. The molecule has 6 nitrogen and oxygen atoms in total. The van der Waals surface area contributed by atoms with Crippen LogP contribution in [0.1, 0.15) is 21.6 Å². The lowest BCUT2D eigenvalue weighted by atomic mass is 10.1. The van der Waals surface area contributed by atoms with Crippen molar-refractivity contribution in [1.82, 2.24) is 24.9 Å². The maximum Gasteiger partial charge on any atom is 0.251 e. The Hall–Kier alpha value is -4.06. The first kappa shape index (κ1) is 18.0. The lowest BCUT2D eigenvalue weighted by Crippen LogP contribution is -2.22. The summed E-state index contributed by atoms with van der Waals surface area (Å²) in [6.45, 7) is 2.38. The van der Waals surface area contributed by atoms with E-state index in [1.165, 1.54) is 0 Å². The molecule has 0 aliphatic heterocycles. The third kappa shape index (κ3) is 3.18. The molecule has 3 aromatic carbocycles. The SMILES string of the molecule is Cc1nc2cc(C(=O)NCc3ccccc3)ccc2n2c(-c3ccccc3)nnc12. The lowest BCUT2D eigenvalue weighted by Gasteiger charge is -2.09. The summed E-state index contributed by atoms with van der Waals surface area (Å²) in [6, 6.07) is 25.3. The van der Waals surface area contributed by atoms with Crippen LogP contribution in [0.15, 0.2) is 78.9 Å². The van der Waals surface area contributed by atoms with E-state index in [1.807, 2.05) is 90.2 Å². The van der Waals surface area contributed by atoms with Gasteiger partial charge in [-0.2, -0.15) is 0 Å². The summed E-state index contributed by atoms with van der Waals surface area (Å²) in [5.41, 5.74) is 5.66. The van der Waals surface area contributed by atoms with Gasteiger partial charge in [0.1, 0.15) is 0 Å². The molecule has 146 valence electrons. The van der Waals surface area contributed by atoms with Gasteiger partial charge in [0.25, 0.3) is 5.91 Å². The molecule has 0 aliphatic carbocycles. The van der Waals surface area contributed by atoms with Gasteiger partial charge >= 0.3 is 0 Å². The highest BCUT2D eigenvalue weighted by atomic mass is 16.1. The van der Waals surface area contributed by atoms with E-state index in [9.17, 15) is 4.79 Å². The molecule has 0 saturated heterocycles. The van der Waals surface area contributed by atoms with Gasteiger partial charge in [-0.05, 0) is 30.7 Å². The zero-order chi connectivity index (χ0) is 20.5. The van der Waals surface area contributed by atoms with Crippen molar-refractivity contribution in [2.24, 2.45) is 0 Å². The average Bonchev–Trinajstić information content (AvgIpc) is 3.25. The highest BCUT2D eigenvalue weighted by Gasteiger charge is 2.15. The van der Waals surface area contributed by atoms with E-state index in [4.69, 9.17) is 0 Å². The van der Waals surface area contributed by atoms with E-state index < -0.39 is 0 Å². The Balaban J connectivity index is 1.55. The Morgan fingerprint density at radius 2 is 1.67 bits per heavy atom. The second kappa shape index (κ2) is 7.40. The number of nitrogens with zero attached hydrogens (tertiary/aromatic N) is 4. The summed E-state index contributed by atoms with van der Waals surface area (Å²) in [4.78, 5) is 17.3. The summed E-state index contributed by atoms with van der Waals surface area (Å²) >= 11 is 0. The van der Waals surface area contributed by atoms with Crippen molar-refractivity contribution in [3.63, 3.8) is 0 Å². The highest BCUT2D eigenvalue weighted by Crippen LogP contribution is 2.25. The number of fused-ring (bicyclic) bond motifs is 3. The van der Waals surface area contributed by atoms with Crippen LogP contribution < -0.4 is 5.32 Å². The third-order valence-electron chi connectivity index (χ3n) is 5.08. The number of carbonyl (C=O) groups is 1. The average molecular weight is 393 g/mol. The zero-order valence-electron chi connectivity index (χ0n) is 16.4. The summed E-state index contributed by atoms with van der Waals surface area (Å²) in [5, 5.41) is 11.7. The Bertz CT molecular complexity index is 1360. The van der Waals surface area contributed by atoms with E-state index in [0.717, 1.165) is 33.7 Å². The molecule has 2 aromatic heterocycles. The van der Waals surface area contributed by atoms with E-state index in [-0.39, 0.29) is 5.91 Å². The van der Waals surface area contributed by atoms with Crippen LogP contribution >= 0.6 is 0 Å². The maximum absolute atomic E-state index is 12.7. The lowest BCUT2D eigenvalue weighted by molar-refractivity contribution is 0.0951. The minimum Gasteiger partial charge on any atom is -0.348 e. The van der Waals surface area contributed by atoms with Crippen molar-refractivity contribution in [2.75, 3.05) is 0 Å². The first-order valence-corrected chi connectivity index (χ1v) is 9.74. The minimum atomic E-state index is -0.132. The van der Waals surface area contributed by atoms with Gasteiger partial charge in [-0.1, -0.05) is 60.7 Å². The number of aryl methyl sites for hydroxylation is 1. The van der Waals surface area contributed by atoms with E-state index in [0.29, 0.717) is 17.8 Å². The Kier molecular flexibility index (Phi) is 4.44. The first-order valence-electron chi connectivity index (χ1n) is 9.74. The summed E-state index contributed by atoms with van der Waals surface area (Å²) in [5.74, 6) is 0.620. The van der Waals surface area contributed by atoms with Crippen molar-refractivity contribution in [1.29, 1.82) is 0 Å². The molecular weight excluding hydrogens is 374 g/mol. The fourth-order valence-corrected chi connectivity index (χ4v) is 3.58. The Morgan fingerprint density at radius 3 is 2.43 bits per heavy atom. The van der Waals surface area contributed by atoms with Crippen LogP contribution in [0.5, 0.6) is 0 Å². The van der Waals surface area contributed by atoms with Crippen LogP contribution in [0.2, 0.25) is 0 Å². The topological polar surface area (TPSA) is 72.2 Å². The number of aromatic nitrogens is 4. The van der Waals surface area contributed by atoms with Crippen molar-refractivity contribution >= 4 is 22.6 Å². The molecule has 0 aliphatic rings. The number of amides is 1. The quantitative estimate of drug-likeness (QED) is 0.497. The van der Waals surface area contributed by atoms with Gasteiger partial charge in [0.2, 0.25) is 0 Å². The largest absolute Gasteiger partial charge is 0.348 e. The van der Waals surface area contributed by atoms with Gasteiger partial charge in [0.15, 0.2) is 11.5 Å². The standard InChI is InChI=1S/C24H19N5O/c1-16-22-27-28-23(18-10-6-3-7-11-18)29(22)21-13-12-19(14-20(21)26-16)24(30)25-15-17-8-4-2-5-9-17/h2-14H,15H2,1H3,(H,25,30). The van der Waals surface area contributed by atoms with E-state index in [1.54, 1.807) is 0 Å². The fraction of sp³-hybridized carbons (Fsp3) is 0.0833. The number of carbonyl (C=O) groups excluding carboxylic acids is 1. The monoisotopic (exact) mass is 393 g/mol. The van der Waals surface area contributed by atoms with Crippen LogP contribution in [0.25, 0.3) is 28.1 Å². The molecule has 0 radical (unpaired) electrons. The van der Waals surface area contributed by atoms with Crippen LogP contribution in [-0.2, 0) is 6.54 Å².